The highest BCUT2D eigenvalue weighted by molar-refractivity contribution is 6.14. The van der Waals surface area contributed by atoms with Crippen molar-refractivity contribution in [2.24, 2.45) is 11.8 Å². The van der Waals surface area contributed by atoms with Crippen LogP contribution in [0.4, 0.5) is 0 Å². The number of carbonyl (C=O) groups excluding carboxylic acids is 4. The van der Waals surface area contributed by atoms with E-state index in [0.717, 1.165) is 0 Å². The van der Waals surface area contributed by atoms with Gasteiger partial charge in [-0.05, 0) is 12.8 Å². The van der Waals surface area contributed by atoms with Crippen molar-refractivity contribution in [3.63, 3.8) is 0 Å². The lowest BCUT2D eigenvalue weighted by Gasteiger charge is -2.23. The third kappa shape index (κ3) is 5.00. The maximum Gasteiger partial charge on any atom is 0.320 e. The Morgan fingerprint density at radius 2 is 1.59 bits per heavy atom. The Labute approximate surface area is 157 Å². The van der Waals surface area contributed by atoms with Gasteiger partial charge in [-0.15, -0.1) is 0 Å². The van der Waals surface area contributed by atoms with E-state index in [4.69, 9.17) is 9.47 Å². The monoisotopic (exact) mass is 370 g/mol. The van der Waals surface area contributed by atoms with Gasteiger partial charge in [0.15, 0.2) is 17.5 Å². The molecule has 0 fully saturated rings. The highest BCUT2D eigenvalue weighted by Crippen LogP contribution is 2.30. The second-order valence-electron chi connectivity index (χ2n) is 6.20. The molecular weight excluding hydrogens is 348 g/mol. The molecule has 27 heavy (non-hydrogen) atoms. The molecule has 2 rings (SSSR count). The van der Waals surface area contributed by atoms with E-state index in [0.29, 0.717) is 11.1 Å². The van der Waals surface area contributed by atoms with Gasteiger partial charge in [-0.3, -0.25) is 19.2 Å². The summed E-state index contributed by atoms with van der Waals surface area (Å²) in [5, 5.41) is 0. The number of ether oxygens (including phenoxy) is 2. The number of Topliss-reactive ketones (excluding diaryl/α,β-unsaturated/α-hetero) is 2. The van der Waals surface area contributed by atoms with Crippen LogP contribution in [0.5, 0.6) is 0 Å². The molecule has 0 aromatic heterocycles. The molecule has 0 heterocycles. The van der Waals surface area contributed by atoms with E-state index in [1.807, 2.05) is 0 Å². The van der Waals surface area contributed by atoms with Crippen LogP contribution in [0.1, 0.15) is 40.0 Å². The number of benzene rings is 1. The van der Waals surface area contributed by atoms with Crippen LogP contribution >= 0.6 is 0 Å². The van der Waals surface area contributed by atoms with Crippen molar-refractivity contribution in [1.29, 1.82) is 0 Å². The number of fused-ring (bicyclic) bond motifs is 1. The maximum atomic E-state index is 12.6. The minimum atomic E-state index is -1.16. The normalized spacial score (nSPS) is 15.8. The molecule has 1 aromatic rings. The lowest BCUT2D eigenvalue weighted by Crippen LogP contribution is -2.31. The minimum Gasteiger partial charge on any atom is -0.461 e. The summed E-state index contributed by atoms with van der Waals surface area (Å²) in [5.41, 5.74) is 0.810. The van der Waals surface area contributed by atoms with Crippen LogP contribution < -0.4 is 0 Å². The van der Waals surface area contributed by atoms with Crippen LogP contribution in [0.25, 0.3) is 0 Å². The quantitative estimate of drug-likeness (QED) is 0.377. The summed E-state index contributed by atoms with van der Waals surface area (Å²) in [6.07, 6.45) is 3.11. The fourth-order valence-corrected chi connectivity index (χ4v) is 3.00. The van der Waals surface area contributed by atoms with Crippen LogP contribution in [0.2, 0.25) is 0 Å². The first-order chi connectivity index (χ1) is 13.0. The molecule has 0 bridgehead atoms. The predicted molar refractivity (Wildman–Crippen MR) is 98.2 cm³/mol. The Bertz CT molecular complexity index is 740. The van der Waals surface area contributed by atoms with Crippen molar-refractivity contribution in [2.45, 2.75) is 19.3 Å². The van der Waals surface area contributed by atoms with E-state index < -0.39 is 23.8 Å². The molecule has 0 saturated carbocycles. The van der Waals surface area contributed by atoms with Gasteiger partial charge in [-0.25, -0.2) is 0 Å². The molecular formula is C21H22O6. The zero-order chi connectivity index (χ0) is 19.8. The molecule has 0 radical (unpaired) electrons. The molecule has 0 spiro atoms. The molecule has 6 heteroatoms. The SMILES string of the molecule is C=CCOC(=O)C(CC[C@@H]1CC(=O)c2ccccc2C1=O)C(=O)OCC=C. The molecule has 1 aliphatic carbocycles. The lowest BCUT2D eigenvalue weighted by atomic mass is 9.79. The van der Waals surface area contributed by atoms with E-state index in [9.17, 15) is 19.2 Å². The van der Waals surface area contributed by atoms with Crippen molar-refractivity contribution in [1.82, 2.24) is 0 Å². The summed E-state index contributed by atoms with van der Waals surface area (Å²) in [6, 6.07) is 6.67. The lowest BCUT2D eigenvalue weighted by molar-refractivity contribution is -0.161. The van der Waals surface area contributed by atoms with Crippen LogP contribution in [-0.2, 0) is 19.1 Å². The standard InChI is InChI=1S/C21H22O6/c1-3-11-26-20(24)17(21(25)27-12-4-2)10-9-14-13-18(22)15-7-5-6-8-16(15)19(14)23/h3-8,14,17H,1-2,9-13H2/t14-/m1/s1. The molecule has 1 atom stereocenters. The second-order valence-corrected chi connectivity index (χ2v) is 6.20. The van der Waals surface area contributed by atoms with Gasteiger partial charge in [0.25, 0.3) is 0 Å². The van der Waals surface area contributed by atoms with E-state index in [1.165, 1.54) is 12.2 Å². The van der Waals surface area contributed by atoms with Gasteiger partial charge in [0.05, 0.1) is 0 Å². The van der Waals surface area contributed by atoms with E-state index in [1.54, 1.807) is 24.3 Å². The summed E-state index contributed by atoms with van der Waals surface area (Å²) >= 11 is 0. The zero-order valence-corrected chi connectivity index (χ0v) is 15.0. The first kappa shape index (κ1) is 20.3. The fraction of sp³-hybridized carbons (Fsp3) is 0.333. The molecule has 0 amide bonds. The topological polar surface area (TPSA) is 86.7 Å². The second kappa shape index (κ2) is 9.62. The largest absolute Gasteiger partial charge is 0.461 e. The summed E-state index contributed by atoms with van der Waals surface area (Å²) in [4.78, 5) is 49.3. The zero-order valence-electron chi connectivity index (χ0n) is 15.0. The third-order valence-corrected chi connectivity index (χ3v) is 4.36. The van der Waals surface area contributed by atoms with Crippen molar-refractivity contribution in [3.8, 4) is 0 Å². The number of hydrogen-bond acceptors (Lipinski definition) is 6. The van der Waals surface area contributed by atoms with Crippen molar-refractivity contribution in [3.05, 3.63) is 60.7 Å². The molecule has 0 N–H and O–H groups in total. The van der Waals surface area contributed by atoms with Crippen LogP contribution in [-0.4, -0.2) is 36.7 Å². The van der Waals surface area contributed by atoms with Crippen molar-refractivity contribution in [2.75, 3.05) is 13.2 Å². The van der Waals surface area contributed by atoms with Crippen LogP contribution in [0.3, 0.4) is 0 Å². The van der Waals surface area contributed by atoms with Gasteiger partial charge in [0.1, 0.15) is 13.2 Å². The molecule has 0 aliphatic heterocycles. The predicted octanol–water partition coefficient (Wildman–Crippen LogP) is 2.93. The van der Waals surface area contributed by atoms with Gasteiger partial charge >= 0.3 is 11.9 Å². The number of ketones is 2. The smallest absolute Gasteiger partial charge is 0.320 e. The number of carbonyl (C=O) groups is 4. The average molecular weight is 370 g/mol. The van der Waals surface area contributed by atoms with Gasteiger partial charge < -0.3 is 9.47 Å². The van der Waals surface area contributed by atoms with E-state index in [2.05, 4.69) is 13.2 Å². The molecule has 0 unspecified atom stereocenters. The Hall–Kier alpha value is -3.02. The summed E-state index contributed by atoms with van der Waals surface area (Å²) in [5.74, 6) is -3.48. The fourth-order valence-electron chi connectivity index (χ4n) is 3.00. The van der Waals surface area contributed by atoms with Crippen molar-refractivity contribution >= 4 is 23.5 Å². The Balaban J connectivity index is 2.09. The number of rotatable bonds is 9. The van der Waals surface area contributed by atoms with E-state index >= 15 is 0 Å². The van der Waals surface area contributed by atoms with Gasteiger partial charge in [0, 0.05) is 23.5 Å². The average Bonchev–Trinajstić information content (AvgIpc) is 2.68. The van der Waals surface area contributed by atoms with E-state index in [-0.39, 0.29) is 44.0 Å². The first-order valence-electron chi connectivity index (χ1n) is 8.71. The summed E-state index contributed by atoms with van der Waals surface area (Å²) < 4.78 is 9.93. The third-order valence-electron chi connectivity index (χ3n) is 4.36. The highest BCUT2D eigenvalue weighted by atomic mass is 16.6. The minimum absolute atomic E-state index is 0.0295. The van der Waals surface area contributed by atoms with Gasteiger partial charge in [-0.2, -0.15) is 0 Å². The van der Waals surface area contributed by atoms with Crippen LogP contribution in [0, 0.1) is 11.8 Å². The first-order valence-corrected chi connectivity index (χ1v) is 8.71. The molecule has 1 aromatic carbocycles. The van der Waals surface area contributed by atoms with Gasteiger partial charge in [0.2, 0.25) is 0 Å². The molecule has 6 nitrogen and oxygen atoms in total. The molecule has 0 saturated heterocycles. The highest BCUT2D eigenvalue weighted by Gasteiger charge is 2.35. The number of esters is 2. The summed E-state index contributed by atoms with van der Waals surface area (Å²) in [6.45, 7) is 6.85. The number of hydrogen-bond donors (Lipinski definition) is 0. The Morgan fingerprint density at radius 1 is 1.04 bits per heavy atom. The molecule has 142 valence electrons. The van der Waals surface area contributed by atoms with Gasteiger partial charge in [-0.1, -0.05) is 49.6 Å². The Kier molecular flexibility index (Phi) is 7.23. The van der Waals surface area contributed by atoms with Crippen molar-refractivity contribution < 1.29 is 28.7 Å². The van der Waals surface area contributed by atoms with Crippen LogP contribution in [0.15, 0.2) is 49.6 Å². The summed E-state index contributed by atoms with van der Waals surface area (Å²) in [7, 11) is 0. The maximum absolute atomic E-state index is 12.6. The molecule has 1 aliphatic rings. The Morgan fingerprint density at radius 3 is 2.15 bits per heavy atom.